The number of hydrogen-bond acceptors (Lipinski definition) is 3. The molecule has 2 heterocycles. The van der Waals surface area contributed by atoms with Crippen molar-refractivity contribution in [2.24, 2.45) is 0 Å². The number of benzene rings is 1. The molecule has 1 aliphatic heterocycles. The molecular formula is C17H19ClN2O. The van der Waals surface area contributed by atoms with Crippen LogP contribution in [0.25, 0.3) is 0 Å². The zero-order chi connectivity index (χ0) is 14.7. The molecule has 3 nitrogen and oxygen atoms in total. The van der Waals surface area contributed by atoms with Gasteiger partial charge < -0.3 is 10.1 Å². The van der Waals surface area contributed by atoms with Crippen molar-refractivity contribution < 1.29 is 4.74 Å². The van der Waals surface area contributed by atoms with E-state index < -0.39 is 0 Å². The molecule has 0 unspecified atom stereocenters. The van der Waals surface area contributed by atoms with Gasteiger partial charge in [-0.3, -0.25) is 4.98 Å². The van der Waals surface area contributed by atoms with Gasteiger partial charge >= 0.3 is 0 Å². The fourth-order valence-corrected chi connectivity index (χ4v) is 2.94. The van der Waals surface area contributed by atoms with Gasteiger partial charge in [-0.1, -0.05) is 29.8 Å². The molecule has 0 radical (unpaired) electrons. The summed E-state index contributed by atoms with van der Waals surface area (Å²) >= 11 is 6.26. The average molecular weight is 303 g/mol. The van der Waals surface area contributed by atoms with Gasteiger partial charge in [0.25, 0.3) is 0 Å². The number of pyridine rings is 1. The highest BCUT2D eigenvalue weighted by molar-refractivity contribution is 6.32. The second-order valence-electron chi connectivity index (χ2n) is 5.35. The Bertz CT molecular complexity index is 630. The summed E-state index contributed by atoms with van der Waals surface area (Å²) in [5.74, 6) is 0.826. The molecule has 4 heteroatoms. The lowest BCUT2D eigenvalue weighted by atomic mass is 10.0. The van der Waals surface area contributed by atoms with Gasteiger partial charge in [-0.25, -0.2) is 0 Å². The third-order valence-corrected chi connectivity index (χ3v) is 4.19. The Hall–Kier alpha value is -1.58. The largest absolute Gasteiger partial charge is 0.492 e. The van der Waals surface area contributed by atoms with Gasteiger partial charge in [0.05, 0.1) is 17.3 Å². The van der Waals surface area contributed by atoms with Gasteiger partial charge in [-0.15, -0.1) is 0 Å². The summed E-state index contributed by atoms with van der Waals surface area (Å²) in [6, 6.07) is 10.3. The second kappa shape index (κ2) is 6.46. The van der Waals surface area contributed by atoms with Crippen LogP contribution in [0.4, 0.5) is 0 Å². The third kappa shape index (κ3) is 3.20. The van der Waals surface area contributed by atoms with E-state index in [-0.39, 0.29) is 6.04 Å². The number of nitrogens with one attached hydrogen (secondary N) is 1. The lowest BCUT2D eigenvalue weighted by Crippen LogP contribution is -2.21. The maximum absolute atomic E-state index is 6.26. The molecule has 3 rings (SSSR count). The summed E-state index contributed by atoms with van der Waals surface area (Å²) in [5.41, 5.74) is 3.45. The van der Waals surface area contributed by atoms with Crippen LogP contribution < -0.4 is 10.1 Å². The molecule has 0 fully saturated rings. The normalized spacial score (nSPS) is 17.7. The zero-order valence-corrected chi connectivity index (χ0v) is 12.9. The molecule has 1 aromatic heterocycles. The van der Waals surface area contributed by atoms with Crippen molar-refractivity contribution in [1.82, 2.24) is 10.3 Å². The smallest absolute Gasteiger partial charge is 0.142 e. The van der Waals surface area contributed by atoms with Crippen LogP contribution in [0.1, 0.15) is 35.7 Å². The van der Waals surface area contributed by atoms with Gasteiger partial charge in [-0.05, 0) is 37.5 Å². The van der Waals surface area contributed by atoms with E-state index in [0.717, 1.165) is 43.0 Å². The van der Waals surface area contributed by atoms with E-state index in [1.54, 1.807) is 0 Å². The Kier molecular flexibility index (Phi) is 4.42. The molecule has 1 N–H and O–H groups in total. The van der Waals surface area contributed by atoms with Gasteiger partial charge in [0.2, 0.25) is 0 Å². The number of hydrogen-bond donors (Lipinski definition) is 1. The molecule has 0 aliphatic carbocycles. The summed E-state index contributed by atoms with van der Waals surface area (Å²) in [5, 5.41) is 4.29. The van der Waals surface area contributed by atoms with Gasteiger partial charge in [0.1, 0.15) is 5.75 Å². The number of nitrogens with zero attached hydrogens (tertiary/aromatic N) is 1. The molecule has 0 bridgehead atoms. The maximum atomic E-state index is 6.26. The molecule has 110 valence electrons. The fourth-order valence-electron chi connectivity index (χ4n) is 2.70. The Balaban J connectivity index is 1.80. The quantitative estimate of drug-likeness (QED) is 0.929. The van der Waals surface area contributed by atoms with Gasteiger partial charge in [-0.2, -0.15) is 0 Å². The van der Waals surface area contributed by atoms with E-state index in [9.17, 15) is 0 Å². The Morgan fingerprint density at radius 2 is 2.24 bits per heavy atom. The average Bonchev–Trinajstić information content (AvgIpc) is 2.70. The van der Waals surface area contributed by atoms with E-state index in [0.29, 0.717) is 5.02 Å². The van der Waals surface area contributed by atoms with Crippen molar-refractivity contribution in [1.29, 1.82) is 0 Å². The summed E-state index contributed by atoms with van der Waals surface area (Å²) in [4.78, 5) is 4.44. The first-order chi connectivity index (χ1) is 10.3. The minimum Gasteiger partial charge on any atom is -0.492 e. The van der Waals surface area contributed by atoms with Gasteiger partial charge in [0, 0.05) is 24.3 Å². The highest BCUT2D eigenvalue weighted by Crippen LogP contribution is 2.36. The van der Waals surface area contributed by atoms with Crippen LogP contribution in [0.15, 0.2) is 36.5 Å². The van der Waals surface area contributed by atoms with Crippen LogP contribution >= 0.6 is 11.6 Å². The number of ether oxygens (including phenoxy) is 1. The highest BCUT2D eigenvalue weighted by atomic mass is 35.5. The van der Waals surface area contributed by atoms with Crippen molar-refractivity contribution in [3.05, 3.63) is 58.4 Å². The molecule has 0 saturated carbocycles. The summed E-state index contributed by atoms with van der Waals surface area (Å²) in [6.45, 7) is 3.56. The van der Waals surface area contributed by atoms with Crippen molar-refractivity contribution >= 4 is 11.6 Å². The van der Waals surface area contributed by atoms with Crippen LogP contribution in [-0.4, -0.2) is 11.6 Å². The lowest BCUT2D eigenvalue weighted by molar-refractivity contribution is 0.315. The summed E-state index contributed by atoms with van der Waals surface area (Å²) in [7, 11) is 0. The molecule has 0 amide bonds. The van der Waals surface area contributed by atoms with E-state index >= 15 is 0 Å². The maximum Gasteiger partial charge on any atom is 0.142 e. The number of aryl methyl sites for hydroxylation is 1. The number of fused-ring (bicyclic) bond motifs is 1. The minimum atomic E-state index is 0.252. The number of halogens is 1. The molecule has 1 atom stereocenters. The van der Waals surface area contributed by atoms with Crippen molar-refractivity contribution in [3.63, 3.8) is 0 Å². The van der Waals surface area contributed by atoms with Crippen LogP contribution in [0, 0.1) is 6.92 Å². The Morgan fingerprint density at radius 3 is 3.10 bits per heavy atom. The Labute approximate surface area is 130 Å². The summed E-state index contributed by atoms with van der Waals surface area (Å²) < 4.78 is 5.80. The van der Waals surface area contributed by atoms with E-state index in [1.165, 1.54) is 5.56 Å². The molecule has 0 saturated heterocycles. The zero-order valence-electron chi connectivity index (χ0n) is 12.1. The standard InChI is InChI=1S/C17H19ClN2O/c1-12-5-3-9-19-16(12)11-20-15-8-4-10-21-17-13(15)6-2-7-14(17)18/h2-3,5-7,9,15,20H,4,8,10-11H2,1H3/t15-/m0/s1. The topological polar surface area (TPSA) is 34.2 Å². The minimum absolute atomic E-state index is 0.252. The highest BCUT2D eigenvalue weighted by Gasteiger charge is 2.21. The van der Waals surface area contributed by atoms with E-state index in [1.807, 2.05) is 24.4 Å². The molecule has 0 spiro atoms. The first-order valence-electron chi connectivity index (χ1n) is 7.31. The summed E-state index contributed by atoms with van der Waals surface area (Å²) in [6.07, 6.45) is 3.90. The van der Waals surface area contributed by atoms with Crippen molar-refractivity contribution in [2.45, 2.75) is 32.4 Å². The molecule has 1 aromatic carbocycles. The fraction of sp³-hybridized carbons (Fsp3) is 0.353. The van der Waals surface area contributed by atoms with Crippen LogP contribution in [0.5, 0.6) is 5.75 Å². The monoisotopic (exact) mass is 302 g/mol. The first kappa shape index (κ1) is 14.4. The van der Waals surface area contributed by atoms with Crippen LogP contribution in [0.2, 0.25) is 5.02 Å². The SMILES string of the molecule is Cc1cccnc1CN[C@H]1CCCOc2c(Cl)cccc21. The predicted molar refractivity (Wildman–Crippen MR) is 84.7 cm³/mol. The molecule has 21 heavy (non-hydrogen) atoms. The van der Waals surface area contributed by atoms with Crippen molar-refractivity contribution in [3.8, 4) is 5.75 Å². The Morgan fingerprint density at radius 1 is 1.33 bits per heavy atom. The lowest BCUT2D eigenvalue weighted by Gasteiger charge is -2.19. The number of aromatic nitrogens is 1. The molecular weight excluding hydrogens is 284 g/mol. The second-order valence-corrected chi connectivity index (χ2v) is 5.76. The number of para-hydroxylation sites is 1. The molecule has 2 aromatic rings. The van der Waals surface area contributed by atoms with Crippen molar-refractivity contribution in [2.75, 3.05) is 6.61 Å². The first-order valence-corrected chi connectivity index (χ1v) is 7.68. The van der Waals surface area contributed by atoms with E-state index in [4.69, 9.17) is 16.3 Å². The van der Waals surface area contributed by atoms with Crippen LogP contribution in [-0.2, 0) is 6.54 Å². The number of rotatable bonds is 3. The van der Waals surface area contributed by atoms with Crippen LogP contribution in [0.3, 0.4) is 0 Å². The third-order valence-electron chi connectivity index (χ3n) is 3.89. The van der Waals surface area contributed by atoms with Gasteiger partial charge in [0.15, 0.2) is 0 Å². The van der Waals surface area contributed by atoms with E-state index in [2.05, 4.69) is 29.4 Å². The predicted octanol–water partition coefficient (Wildman–Crippen LogP) is 4.05. The molecule has 1 aliphatic rings.